The number of hydrogen-bond acceptors (Lipinski definition) is 3. The third kappa shape index (κ3) is 5.16. The van der Waals surface area contributed by atoms with E-state index in [1.165, 1.54) is 53.2 Å². The zero-order valence-electron chi connectivity index (χ0n) is 29.8. The van der Waals surface area contributed by atoms with Gasteiger partial charge in [0.15, 0.2) is 0 Å². The molecule has 0 aliphatic heterocycles. The van der Waals surface area contributed by atoms with Gasteiger partial charge >= 0.3 is 0 Å². The molecule has 0 saturated carbocycles. The van der Waals surface area contributed by atoms with Crippen LogP contribution >= 0.6 is 11.3 Å². The third-order valence-corrected chi connectivity index (χ3v) is 12.1. The van der Waals surface area contributed by atoms with Gasteiger partial charge in [-0.05, 0) is 63.5 Å². The molecule has 11 rings (SSSR count). The van der Waals surface area contributed by atoms with Gasteiger partial charge in [0.2, 0.25) is 0 Å². The van der Waals surface area contributed by atoms with Crippen LogP contribution in [0.3, 0.4) is 0 Å². The molecule has 11 aromatic rings. The molecule has 0 N–H and O–H groups in total. The summed E-state index contributed by atoms with van der Waals surface area (Å²) in [5.41, 5.74) is 12.3. The molecule has 55 heavy (non-hydrogen) atoms. The largest absolute Gasteiger partial charge is 0.455 e. The van der Waals surface area contributed by atoms with Crippen molar-refractivity contribution in [2.75, 3.05) is 4.90 Å². The Morgan fingerprint density at radius 3 is 1.44 bits per heavy atom. The molecule has 2 nitrogen and oxygen atoms in total. The molecule has 3 heteroatoms. The van der Waals surface area contributed by atoms with Crippen molar-refractivity contribution in [2.45, 2.75) is 0 Å². The monoisotopic (exact) mass is 719 g/mol. The Kier molecular flexibility index (Phi) is 7.39. The predicted octanol–water partition coefficient (Wildman–Crippen LogP) is 15.6. The second-order valence-electron chi connectivity index (χ2n) is 14.0. The topological polar surface area (TPSA) is 16.4 Å². The van der Waals surface area contributed by atoms with Crippen molar-refractivity contribution in [3.8, 4) is 33.4 Å². The second-order valence-corrected chi connectivity index (χ2v) is 15.0. The van der Waals surface area contributed by atoms with Crippen molar-refractivity contribution >= 4 is 81.3 Å². The predicted molar refractivity (Wildman–Crippen MR) is 235 cm³/mol. The van der Waals surface area contributed by atoms with Crippen molar-refractivity contribution < 1.29 is 4.42 Å². The van der Waals surface area contributed by atoms with Crippen LogP contribution in [-0.4, -0.2) is 0 Å². The highest BCUT2D eigenvalue weighted by Crippen LogP contribution is 2.51. The zero-order valence-corrected chi connectivity index (χ0v) is 30.6. The van der Waals surface area contributed by atoms with E-state index in [4.69, 9.17) is 4.42 Å². The molecule has 0 fully saturated rings. The minimum Gasteiger partial charge on any atom is -0.455 e. The molecular weight excluding hydrogens is 687 g/mol. The standard InChI is InChI=1S/C52H33NOS/c1-4-14-34(15-5-1)36-26-30-39(31-27-36)53(40-32-28-37(29-33-40)35-16-6-2-7-17-35)46-25-13-24-45-47-42-20-10-11-21-43(42)50-48(52(47)55-51(45)46)44-23-12-22-41(49(44)54-50)38-18-8-3-9-19-38/h1-33H. The molecular formula is C52H33NOS. The number of anilines is 3. The maximum atomic E-state index is 6.96. The highest BCUT2D eigenvalue weighted by atomic mass is 32.1. The molecule has 0 spiro atoms. The first-order valence-electron chi connectivity index (χ1n) is 18.7. The van der Waals surface area contributed by atoms with Crippen LogP contribution in [0.2, 0.25) is 0 Å². The van der Waals surface area contributed by atoms with Gasteiger partial charge in [-0.25, -0.2) is 0 Å². The van der Waals surface area contributed by atoms with Crippen LogP contribution in [0.25, 0.3) is 86.3 Å². The van der Waals surface area contributed by atoms with Crippen molar-refractivity contribution in [2.24, 2.45) is 0 Å². The van der Waals surface area contributed by atoms with Crippen LogP contribution in [0, 0.1) is 0 Å². The zero-order chi connectivity index (χ0) is 36.3. The van der Waals surface area contributed by atoms with E-state index < -0.39 is 0 Å². The molecule has 258 valence electrons. The van der Waals surface area contributed by atoms with Gasteiger partial charge in [-0.15, -0.1) is 11.3 Å². The number of hydrogen-bond donors (Lipinski definition) is 0. The molecule has 0 amide bonds. The first-order valence-corrected chi connectivity index (χ1v) is 19.5. The van der Waals surface area contributed by atoms with Gasteiger partial charge in [0.05, 0.1) is 10.4 Å². The summed E-state index contributed by atoms with van der Waals surface area (Å²) in [6.07, 6.45) is 0. The van der Waals surface area contributed by atoms with Gasteiger partial charge in [-0.3, -0.25) is 0 Å². The van der Waals surface area contributed by atoms with Gasteiger partial charge < -0.3 is 9.32 Å². The van der Waals surface area contributed by atoms with E-state index in [1.807, 2.05) is 11.3 Å². The third-order valence-electron chi connectivity index (χ3n) is 10.9. The summed E-state index contributed by atoms with van der Waals surface area (Å²) >= 11 is 1.87. The average molecular weight is 720 g/mol. The summed E-state index contributed by atoms with van der Waals surface area (Å²) < 4.78 is 9.45. The molecule has 0 unspecified atom stereocenters. The van der Waals surface area contributed by atoms with Crippen LogP contribution in [-0.2, 0) is 0 Å². The highest BCUT2D eigenvalue weighted by molar-refractivity contribution is 7.27. The van der Waals surface area contributed by atoms with E-state index in [0.29, 0.717) is 0 Å². The lowest BCUT2D eigenvalue weighted by atomic mass is 9.98. The van der Waals surface area contributed by atoms with Crippen LogP contribution < -0.4 is 4.90 Å². The molecule has 0 aliphatic carbocycles. The fraction of sp³-hybridized carbons (Fsp3) is 0. The molecule has 0 aliphatic rings. The Balaban J connectivity index is 1.17. The summed E-state index contributed by atoms with van der Waals surface area (Å²) in [6.45, 7) is 0. The van der Waals surface area contributed by atoms with E-state index in [-0.39, 0.29) is 0 Å². The van der Waals surface area contributed by atoms with Gasteiger partial charge in [0.25, 0.3) is 0 Å². The number of benzene rings is 9. The quantitative estimate of drug-likeness (QED) is 0.170. The summed E-state index contributed by atoms with van der Waals surface area (Å²) in [5, 5.41) is 7.19. The van der Waals surface area contributed by atoms with Gasteiger partial charge in [0, 0.05) is 48.6 Å². The molecule has 2 aromatic heterocycles. The van der Waals surface area contributed by atoms with Crippen molar-refractivity contribution in [1.82, 2.24) is 0 Å². The van der Waals surface area contributed by atoms with E-state index >= 15 is 0 Å². The minimum absolute atomic E-state index is 0.928. The Labute approximate surface area is 322 Å². The number of thiophene rings is 1. The number of nitrogens with zero attached hydrogens (tertiary/aromatic N) is 1. The maximum absolute atomic E-state index is 6.96. The normalized spacial score (nSPS) is 11.6. The summed E-state index contributed by atoms with van der Waals surface area (Å²) in [5.74, 6) is 0. The van der Waals surface area contributed by atoms with Crippen molar-refractivity contribution in [3.63, 3.8) is 0 Å². The lowest BCUT2D eigenvalue weighted by molar-refractivity contribution is 0.674. The SMILES string of the molecule is c1ccc(-c2ccc(N(c3ccc(-c4ccccc4)cc3)c3cccc4c3sc3c4c4ccccc4c4oc5c(-c6ccccc6)cccc5c43)cc2)cc1. The Morgan fingerprint density at radius 1 is 0.327 bits per heavy atom. The van der Waals surface area contributed by atoms with Gasteiger partial charge in [0.1, 0.15) is 11.2 Å². The molecule has 2 heterocycles. The van der Waals surface area contributed by atoms with E-state index in [0.717, 1.165) is 50.1 Å². The molecule has 0 radical (unpaired) electrons. The molecule has 0 saturated heterocycles. The highest BCUT2D eigenvalue weighted by Gasteiger charge is 2.24. The van der Waals surface area contributed by atoms with Gasteiger partial charge in [-0.1, -0.05) is 170 Å². The molecule has 9 aromatic carbocycles. The van der Waals surface area contributed by atoms with E-state index in [2.05, 4.69) is 205 Å². The van der Waals surface area contributed by atoms with Crippen molar-refractivity contribution in [3.05, 3.63) is 200 Å². The summed E-state index contributed by atoms with van der Waals surface area (Å²) in [6, 6.07) is 71.8. The fourth-order valence-electron chi connectivity index (χ4n) is 8.30. The Morgan fingerprint density at radius 2 is 0.818 bits per heavy atom. The first kappa shape index (κ1) is 31.6. The fourth-order valence-corrected chi connectivity index (χ4v) is 9.67. The number of furan rings is 1. The number of rotatable bonds is 6. The average Bonchev–Trinajstić information content (AvgIpc) is 3.86. The first-order chi connectivity index (χ1) is 27.3. The number of fused-ring (bicyclic) bond motifs is 10. The van der Waals surface area contributed by atoms with Gasteiger partial charge in [-0.2, -0.15) is 0 Å². The Hall–Kier alpha value is -6.94. The Bertz CT molecular complexity index is 3080. The number of para-hydroxylation sites is 1. The molecule has 0 bridgehead atoms. The van der Waals surface area contributed by atoms with Crippen molar-refractivity contribution in [1.29, 1.82) is 0 Å². The van der Waals surface area contributed by atoms with Crippen LogP contribution in [0.4, 0.5) is 17.1 Å². The second kappa shape index (κ2) is 12.9. The minimum atomic E-state index is 0.928. The summed E-state index contributed by atoms with van der Waals surface area (Å²) in [7, 11) is 0. The molecule has 0 atom stereocenters. The van der Waals surface area contributed by atoms with E-state index in [9.17, 15) is 0 Å². The van der Waals surface area contributed by atoms with Crippen LogP contribution in [0.15, 0.2) is 205 Å². The van der Waals surface area contributed by atoms with Crippen LogP contribution in [0.1, 0.15) is 0 Å². The van der Waals surface area contributed by atoms with E-state index in [1.54, 1.807) is 0 Å². The lowest BCUT2D eigenvalue weighted by Gasteiger charge is -2.26. The smallest absolute Gasteiger partial charge is 0.144 e. The maximum Gasteiger partial charge on any atom is 0.144 e. The van der Waals surface area contributed by atoms with Crippen LogP contribution in [0.5, 0.6) is 0 Å². The summed E-state index contributed by atoms with van der Waals surface area (Å²) in [4.78, 5) is 2.42. The lowest BCUT2D eigenvalue weighted by Crippen LogP contribution is -2.10.